The summed E-state index contributed by atoms with van der Waals surface area (Å²) in [7, 11) is 0. The highest BCUT2D eigenvalue weighted by Gasteiger charge is 2.15. The first kappa shape index (κ1) is 16.4. The second-order valence-corrected chi connectivity index (χ2v) is 5.05. The molecule has 0 spiro atoms. The summed E-state index contributed by atoms with van der Waals surface area (Å²) in [6, 6.07) is 0. The zero-order valence-corrected chi connectivity index (χ0v) is 11.7. The molecular formula is C13H27NO3. The van der Waals surface area contributed by atoms with Gasteiger partial charge in [0.05, 0.1) is 6.42 Å². The van der Waals surface area contributed by atoms with Crippen LogP contribution in [0.15, 0.2) is 0 Å². The molecule has 0 fully saturated rings. The van der Waals surface area contributed by atoms with Crippen LogP contribution in [0.3, 0.4) is 0 Å². The summed E-state index contributed by atoms with van der Waals surface area (Å²) >= 11 is 0. The molecule has 0 saturated carbocycles. The summed E-state index contributed by atoms with van der Waals surface area (Å²) < 4.78 is 10.5. The van der Waals surface area contributed by atoms with E-state index in [2.05, 4.69) is 12.2 Å². The van der Waals surface area contributed by atoms with Gasteiger partial charge in [-0.3, -0.25) is 4.79 Å². The lowest BCUT2D eigenvalue weighted by molar-refractivity contribution is -0.154. The highest BCUT2D eigenvalue weighted by atomic mass is 16.6. The zero-order valence-electron chi connectivity index (χ0n) is 11.7. The molecule has 0 heterocycles. The van der Waals surface area contributed by atoms with E-state index in [0.717, 1.165) is 32.6 Å². The average Bonchev–Trinajstić information content (AvgIpc) is 2.19. The minimum atomic E-state index is -0.384. The summed E-state index contributed by atoms with van der Waals surface area (Å²) in [6.45, 7) is 10.9. The number of esters is 1. The maximum Gasteiger partial charge on any atom is 0.307 e. The molecule has 0 amide bonds. The number of rotatable bonds is 9. The fraction of sp³-hybridized carbons (Fsp3) is 0.923. The van der Waals surface area contributed by atoms with E-state index in [4.69, 9.17) is 9.47 Å². The van der Waals surface area contributed by atoms with Gasteiger partial charge in [-0.25, -0.2) is 0 Å². The van der Waals surface area contributed by atoms with Crippen LogP contribution in [0.4, 0.5) is 0 Å². The van der Waals surface area contributed by atoms with Crippen LogP contribution in [0, 0.1) is 0 Å². The molecule has 0 aromatic heterocycles. The van der Waals surface area contributed by atoms with Gasteiger partial charge in [0.25, 0.3) is 0 Å². The lowest BCUT2D eigenvalue weighted by Gasteiger charge is -2.19. The molecule has 17 heavy (non-hydrogen) atoms. The van der Waals surface area contributed by atoms with Crippen molar-refractivity contribution in [2.75, 3.05) is 26.3 Å². The van der Waals surface area contributed by atoms with E-state index in [9.17, 15) is 4.79 Å². The average molecular weight is 245 g/mol. The SMILES string of the molecule is CCCOCCCNCCC(=O)OC(C)(C)C. The highest BCUT2D eigenvalue weighted by Crippen LogP contribution is 2.07. The van der Waals surface area contributed by atoms with Gasteiger partial charge < -0.3 is 14.8 Å². The van der Waals surface area contributed by atoms with Crippen LogP contribution in [0.25, 0.3) is 0 Å². The van der Waals surface area contributed by atoms with E-state index in [0.29, 0.717) is 13.0 Å². The van der Waals surface area contributed by atoms with Gasteiger partial charge in [-0.2, -0.15) is 0 Å². The second kappa shape index (κ2) is 9.42. The standard InChI is InChI=1S/C13H27NO3/c1-5-10-16-11-6-8-14-9-7-12(15)17-13(2,3)4/h14H,5-11H2,1-4H3. The van der Waals surface area contributed by atoms with E-state index in [1.165, 1.54) is 0 Å². The van der Waals surface area contributed by atoms with Crippen molar-refractivity contribution in [1.82, 2.24) is 5.32 Å². The zero-order chi connectivity index (χ0) is 13.1. The molecule has 1 N–H and O–H groups in total. The fourth-order valence-corrected chi connectivity index (χ4v) is 1.25. The first-order valence-electron chi connectivity index (χ1n) is 6.46. The maximum atomic E-state index is 11.3. The molecule has 0 aromatic carbocycles. The molecule has 0 bridgehead atoms. The highest BCUT2D eigenvalue weighted by molar-refractivity contribution is 5.70. The summed E-state index contributed by atoms with van der Waals surface area (Å²) in [6.07, 6.45) is 2.47. The van der Waals surface area contributed by atoms with Gasteiger partial charge >= 0.3 is 5.97 Å². The maximum absolute atomic E-state index is 11.3. The van der Waals surface area contributed by atoms with Gasteiger partial charge in [-0.05, 0) is 40.2 Å². The van der Waals surface area contributed by atoms with Gasteiger partial charge in [0.15, 0.2) is 0 Å². The summed E-state index contributed by atoms with van der Waals surface area (Å²) in [5.74, 6) is -0.146. The monoisotopic (exact) mass is 245 g/mol. The number of hydrogen-bond donors (Lipinski definition) is 1. The predicted octanol–water partition coefficient (Wildman–Crippen LogP) is 2.12. The lowest BCUT2D eigenvalue weighted by atomic mass is 10.2. The van der Waals surface area contributed by atoms with Gasteiger partial charge in [-0.1, -0.05) is 6.92 Å². The fourth-order valence-electron chi connectivity index (χ4n) is 1.25. The van der Waals surface area contributed by atoms with Crippen LogP contribution in [-0.2, 0) is 14.3 Å². The Balaban J connectivity index is 3.25. The van der Waals surface area contributed by atoms with Gasteiger partial charge in [0.1, 0.15) is 5.60 Å². The number of carbonyl (C=O) groups is 1. The van der Waals surface area contributed by atoms with Crippen molar-refractivity contribution < 1.29 is 14.3 Å². The molecule has 0 rings (SSSR count). The van der Waals surface area contributed by atoms with Crippen LogP contribution in [0.2, 0.25) is 0 Å². The Morgan fingerprint density at radius 1 is 1.18 bits per heavy atom. The molecule has 0 aliphatic rings. The summed E-state index contributed by atoms with van der Waals surface area (Å²) in [5.41, 5.74) is -0.384. The topological polar surface area (TPSA) is 47.6 Å². The third-order valence-electron chi connectivity index (χ3n) is 1.92. The van der Waals surface area contributed by atoms with Crippen molar-refractivity contribution >= 4 is 5.97 Å². The molecule has 0 saturated heterocycles. The molecule has 102 valence electrons. The molecule has 0 radical (unpaired) electrons. The molecule has 0 atom stereocenters. The molecule has 0 unspecified atom stereocenters. The van der Waals surface area contributed by atoms with Crippen molar-refractivity contribution in [2.45, 2.75) is 52.6 Å². The van der Waals surface area contributed by atoms with Crippen LogP contribution in [0.5, 0.6) is 0 Å². The Kier molecular flexibility index (Phi) is 9.09. The smallest absolute Gasteiger partial charge is 0.307 e. The van der Waals surface area contributed by atoms with Crippen molar-refractivity contribution in [3.8, 4) is 0 Å². The second-order valence-electron chi connectivity index (χ2n) is 5.05. The summed E-state index contributed by atoms with van der Waals surface area (Å²) in [5, 5.41) is 3.20. The van der Waals surface area contributed by atoms with E-state index in [1.54, 1.807) is 0 Å². The Labute approximate surface area is 105 Å². The molecular weight excluding hydrogens is 218 g/mol. The van der Waals surface area contributed by atoms with Gasteiger partial charge in [0.2, 0.25) is 0 Å². The van der Waals surface area contributed by atoms with Gasteiger partial charge in [-0.15, -0.1) is 0 Å². The van der Waals surface area contributed by atoms with Crippen molar-refractivity contribution in [3.05, 3.63) is 0 Å². The third kappa shape index (κ3) is 13.3. The Hall–Kier alpha value is -0.610. The Morgan fingerprint density at radius 2 is 1.88 bits per heavy atom. The van der Waals surface area contributed by atoms with Gasteiger partial charge in [0, 0.05) is 19.8 Å². The van der Waals surface area contributed by atoms with Crippen LogP contribution in [-0.4, -0.2) is 37.9 Å². The first-order valence-corrected chi connectivity index (χ1v) is 6.46. The van der Waals surface area contributed by atoms with E-state index in [-0.39, 0.29) is 11.6 Å². The van der Waals surface area contributed by atoms with Crippen molar-refractivity contribution in [1.29, 1.82) is 0 Å². The molecule has 4 nitrogen and oxygen atoms in total. The number of carbonyl (C=O) groups excluding carboxylic acids is 1. The lowest BCUT2D eigenvalue weighted by Crippen LogP contribution is -2.27. The molecule has 0 aliphatic heterocycles. The normalized spacial score (nSPS) is 11.5. The number of nitrogens with one attached hydrogen (secondary N) is 1. The van der Waals surface area contributed by atoms with Crippen molar-refractivity contribution in [2.24, 2.45) is 0 Å². The summed E-state index contributed by atoms with van der Waals surface area (Å²) in [4.78, 5) is 11.3. The molecule has 4 heteroatoms. The van der Waals surface area contributed by atoms with E-state index >= 15 is 0 Å². The predicted molar refractivity (Wildman–Crippen MR) is 69.1 cm³/mol. The van der Waals surface area contributed by atoms with E-state index in [1.807, 2.05) is 20.8 Å². The third-order valence-corrected chi connectivity index (χ3v) is 1.92. The molecule has 0 aliphatic carbocycles. The number of hydrogen-bond acceptors (Lipinski definition) is 4. The Morgan fingerprint density at radius 3 is 2.47 bits per heavy atom. The van der Waals surface area contributed by atoms with Crippen LogP contribution < -0.4 is 5.32 Å². The Bertz CT molecular complexity index is 199. The van der Waals surface area contributed by atoms with E-state index < -0.39 is 0 Å². The first-order chi connectivity index (χ1) is 7.95. The number of ether oxygens (including phenoxy) is 2. The quantitative estimate of drug-likeness (QED) is 0.499. The van der Waals surface area contributed by atoms with Crippen LogP contribution in [0.1, 0.15) is 47.0 Å². The largest absolute Gasteiger partial charge is 0.460 e. The van der Waals surface area contributed by atoms with Crippen LogP contribution >= 0.6 is 0 Å². The van der Waals surface area contributed by atoms with Crippen molar-refractivity contribution in [3.63, 3.8) is 0 Å². The minimum absolute atomic E-state index is 0.146. The molecule has 0 aromatic rings. The minimum Gasteiger partial charge on any atom is -0.460 e.